The van der Waals surface area contributed by atoms with E-state index in [2.05, 4.69) is 32.8 Å². The van der Waals surface area contributed by atoms with E-state index in [4.69, 9.17) is 0 Å². The van der Waals surface area contributed by atoms with Crippen LogP contribution >= 0.6 is 15.9 Å². The lowest BCUT2D eigenvalue weighted by atomic mass is 10.1. The average molecular weight is 313 g/mol. The molecule has 1 aliphatic heterocycles. The average Bonchev–Trinajstić information content (AvgIpc) is 2.36. The van der Waals surface area contributed by atoms with Gasteiger partial charge in [-0.15, -0.1) is 0 Å². The largest absolute Gasteiger partial charge is 0.508 e. The van der Waals surface area contributed by atoms with Crippen molar-refractivity contribution >= 4 is 15.9 Å². The van der Waals surface area contributed by atoms with Gasteiger partial charge in [-0.05, 0) is 50.2 Å². The lowest BCUT2D eigenvalue weighted by molar-refractivity contribution is 0.153. The van der Waals surface area contributed by atoms with E-state index in [0.717, 1.165) is 29.4 Å². The fraction of sp³-hybridized carbons (Fsp3) is 0.571. The fourth-order valence-electron chi connectivity index (χ4n) is 2.32. The summed E-state index contributed by atoms with van der Waals surface area (Å²) in [5, 5.41) is 9.77. The third kappa shape index (κ3) is 3.97. The van der Waals surface area contributed by atoms with E-state index >= 15 is 0 Å². The molecule has 0 amide bonds. The summed E-state index contributed by atoms with van der Waals surface area (Å²) >= 11 is 3.44. The maximum atomic E-state index is 9.77. The number of phenols is 1. The zero-order valence-corrected chi connectivity index (χ0v) is 12.5. The highest BCUT2D eigenvalue weighted by Crippen LogP contribution is 2.23. The molecule has 0 spiro atoms. The minimum atomic E-state index is 0.413. The first kappa shape index (κ1) is 13.8. The van der Waals surface area contributed by atoms with E-state index in [1.807, 2.05) is 12.1 Å². The quantitative estimate of drug-likeness (QED) is 0.924. The predicted molar refractivity (Wildman–Crippen MR) is 78.1 cm³/mol. The zero-order valence-electron chi connectivity index (χ0n) is 10.9. The second kappa shape index (κ2) is 6.55. The smallest absolute Gasteiger partial charge is 0.118 e. The van der Waals surface area contributed by atoms with Gasteiger partial charge in [-0.25, -0.2) is 0 Å². The molecule has 0 aliphatic carbocycles. The van der Waals surface area contributed by atoms with Crippen LogP contribution in [0.4, 0.5) is 0 Å². The summed E-state index contributed by atoms with van der Waals surface area (Å²) in [7, 11) is 2.18. The number of aryl methyl sites for hydroxylation is 1. The molecule has 1 aromatic carbocycles. The molecule has 18 heavy (non-hydrogen) atoms. The number of aromatic hydroxyl groups is 1. The van der Waals surface area contributed by atoms with Crippen LogP contribution in [0.15, 0.2) is 22.7 Å². The highest BCUT2D eigenvalue weighted by molar-refractivity contribution is 9.10. The van der Waals surface area contributed by atoms with Gasteiger partial charge in [0.25, 0.3) is 0 Å². The van der Waals surface area contributed by atoms with E-state index in [1.165, 1.54) is 26.2 Å². The second-order valence-corrected chi connectivity index (χ2v) is 5.94. The van der Waals surface area contributed by atoms with Crippen LogP contribution in [0, 0.1) is 0 Å². The van der Waals surface area contributed by atoms with Crippen molar-refractivity contribution in [1.29, 1.82) is 0 Å². The monoisotopic (exact) mass is 312 g/mol. The number of likely N-dealkylation sites (N-methyl/N-ethyl adjacent to an activating group) is 1. The van der Waals surface area contributed by atoms with E-state index < -0.39 is 0 Å². The molecule has 0 aromatic heterocycles. The second-order valence-electron chi connectivity index (χ2n) is 5.02. The number of nitrogens with zero attached hydrogens (tertiary/aromatic N) is 2. The van der Waals surface area contributed by atoms with Gasteiger partial charge in [0.2, 0.25) is 0 Å². The van der Waals surface area contributed by atoms with E-state index in [0.29, 0.717) is 5.75 Å². The topological polar surface area (TPSA) is 26.7 Å². The summed E-state index contributed by atoms with van der Waals surface area (Å²) in [4.78, 5) is 4.88. The molecule has 1 aromatic rings. The van der Waals surface area contributed by atoms with Gasteiger partial charge < -0.3 is 14.9 Å². The van der Waals surface area contributed by atoms with Crippen molar-refractivity contribution in [1.82, 2.24) is 9.80 Å². The fourth-order valence-corrected chi connectivity index (χ4v) is 2.73. The Morgan fingerprint density at radius 3 is 2.67 bits per heavy atom. The molecule has 0 saturated carbocycles. The van der Waals surface area contributed by atoms with Crippen molar-refractivity contribution in [3.8, 4) is 5.75 Å². The SMILES string of the molecule is CN1CCN(CCCc2cc(Br)ccc2O)CC1. The number of rotatable bonds is 4. The van der Waals surface area contributed by atoms with Crippen molar-refractivity contribution in [2.24, 2.45) is 0 Å². The molecule has 3 nitrogen and oxygen atoms in total. The molecule has 1 fully saturated rings. The Balaban J connectivity index is 1.76. The van der Waals surface area contributed by atoms with Crippen molar-refractivity contribution in [3.05, 3.63) is 28.2 Å². The number of piperazine rings is 1. The van der Waals surface area contributed by atoms with Crippen LogP contribution < -0.4 is 0 Å². The highest BCUT2D eigenvalue weighted by Gasteiger charge is 2.13. The van der Waals surface area contributed by atoms with Crippen molar-refractivity contribution in [2.45, 2.75) is 12.8 Å². The first-order chi connectivity index (χ1) is 8.65. The Labute approximate surface area is 118 Å². The molecule has 100 valence electrons. The molecule has 0 atom stereocenters. The molecule has 0 radical (unpaired) electrons. The van der Waals surface area contributed by atoms with Gasteiger partial charge in [0.1, 0.15) is 5.75 Å². The molecular weight excluding hydrogens is 292 g/mol. The van der Waals surface area contributed by atoms with E-state index in [-0.39, 0.29) is 0 Å². The zero-order chi connectivity index (χ0) is 13.0. The lowest BCUT2D eigenvalue weighted by Crippen LogP contribution is -2.44. The van der Waals surface area contributed by atoms with Gasteiger partial charge >= 0.3 is 0 Å². The number of hydrogen-bond donors (Lipinski definition) is 1. The van der Waals surface area contributed by atoms with Gasteiger partial charge in [0.05, 0.1) is 0 Å². The Kier molecular flexibility index (Phi) is 5.03. The van der Waals surface area contributed by atoms with Crippen LogP contribution in [0.5, 0.6) is 5.75 Å². The minimum Gasteiger partial charge on any atom is -0.508 e. The van der Waals surface area contributed by atoms with Crippen LogP contribution in [0.2, 0.25) is 0 Å². The Hall–Kier alpha value is -0.580. The van der Waals surface area contributed by atoms with Gasteiger partial charge in [0.15, 0.2) is 0 Å². The van der Waals surface area contributed by atoms with Gasteiger partial charge in [-0.3, -0.25) is 0 Å². The molecule has 1 saturated heterocycles. The molecule has 1 heterocycles. The summed E-state index contributed by atoms with van der Waals surface area (Å²) in [5.41, 5.74) is 1.04. The van der Waals surface area contributed by atoms with Crippen molar-refractivity contribution in [3.63, 3.8) is 0 Å². The summed E-state index contributed by atoms with van der Waals surface area (Å²) < 4.78 is 1.04. The van der Waals surface area contributed by atoms with Crippen molar-refractivity contribution in [2.75, 3.05) is 39.8 Å². The molecule has 4 heteroatoms. The Bertz CT molecular complexity index is 389. The third-order valence-electron chi connectivity index (χ3n) is 3.56. The number of benzene rings is 1. The van der Waals surface area contributed by atoms with Crippen LogP contribution in [-0.2, 0) is 6.42 Å². The van der Waals surface area contributed by atoms with Gasteiger partial charge in [-0.1, -0.05) is 15.9 Å². The molecule has 1 N–H and O–H groups in total. The first-order valence-corrected chi connectivity index (χ1v) is 7.33. The van der Waals surface area contributed by atoms with Crippen LogP contribution in [0.25, 0.3) is 0 Å². The molecular formula is C14H21BrN2O. The summed E-state index contributed by atoms with van der Waals surface area (Å²) in [5.74, 6) is 0.413. The van der Waals surface area contributed by atoms with Crippen LogP contribution in [0.3, 0.4) is 0 Å². The lowest BCUT2D eigenvalue weighted by Gasteiger charge is -2.32. The third-order valence-corrected chi connectivity index (χ3v) is 4.05. The highest BCUT2D eigenvalue weighted by atomic mass is 79.9. The predicted octanol–water partition coefficient (Wildman–Crippen LogP) is 2.33. The minimum absolute atomic E-state index is 0.413. The number of halogens is 1. The Morgan fingerprint density at radius 1 is 1.22 bits per heavy atom. The van der Waals surface area contributed by atoms with Gasteiger partial charge in [-0.2, -0.15) is 0 Å². The van der Waals surface area contributed by atoms with Crippen LogP contribution in [0.1, 0.15) is 12.0 Å². The normalized spacial score (nSPS) is 18.1. The van der Waals surface area contributed by atoms with Crippen LogP contribution in [-0.4, -0.2) is 54.7 Å². The molecule has 0 bridgehead atoms. The standard InChI is InChI=1S/C14H21BrN2O/c1-16-7-9-17(10-8-16)6-2-3-12-11-13(15)4-5-14(12)18/h4-5,11,18H,2-3,6-10H2,1H3. The number of hydrogen-bond acceptors (Lipinski definition) is 3. The summed E-state index contributed by atoms with van der Waals surface area (Å²) in [6, 6.07) is 5.65. The van der Waals surface area contributed by atoms with Gasteiger partial charge in [0, 0.05) is 30.7 Å². The molecule has 1 aliphatic rings. The first-order valence-electron chi connectivity index (χ1n) is 6.53. The maximum Gasteiger partial charge on any atom is 0.118 e. The van der Waals surface area contributed by atoms with E-state index in [9.17, 15) is 5.11 Å². The summed E-state index contributed by atoms with van der Waals surface area (Å²) in [6.45, 7) is 5.80. The van der Waals surface area contributed by atoms with Crippen molar-refractivity contribution < 1.29 is 5.11 Å². The summed E-state index contributed by atoms with van der Waals surface area (Å²) in [6.07, 6.45) is 2.05. The number of phenolic OH excluding ortho intramolecular Hbond substituents is 1. The maximum absolute atomic E-state index is 9.77. The molecule has 2 rings (SSSR count). The Morgan fingerprint density at radius 2 is 1.94 bits per heavy atom. The molecule has 0 unspecified atom stereocenters. The van der Waals surface area contributed by atoms with E-state index in [1.54, 1.807) is 6.07 Å².